The second-order valence-corrected chi connectivity index (χ2v) is 7.96. The predicted molar refractivity (Wildman–Crippen MR) is 72.4 cm³/mol. The largest absolute Gasteiger partial charge is 0.377 e. The van der Waals surface area contributed by atoms with Crippen LogP contribution in [0.2, 0.25) is 0 Å². The molecule has 1 aliphatic heterocycles. The van der Waals surface area contributed by atoms with Crippen molar-refractivity contribution in [2.24, 2.45) is 5.92 Å². The summed E-state index contributed by atoms with van der Waals surface area (Å²) in [7, 11) is -2.99. The van der Waals surface area contributed by atoms with Crippen LogP contribution in [0.5, 0.6) is 0 Å². The van der Waals surface area contributed by atoms with E-state index in [9.17, 15) is 8.42 Å². The van der Waals surface area contributed by atoms with Gasteiger partial charge < -0.3 is 10.1 Å². The van der Waals surface area contributed by atoms with Crippen LogP contribution in [0, 0.1) is 5.92 Å². The van der Waals surface area contributed by atoms with Crippen LogP contribution in [0.3, 0.4) is 0 Å². The Labute approximate surface area is 110 Å². The fraction of sp³-hybridized carbons (Fsp3) is 1.00. The third-order valence-electron chi connectivity index (χ3n) is 4.24. The third-order valence-corrected chi connectivity index (χ3v) is 6.55. The molecule has 2 unspecified atom stereocenters. The van der Waals surface area contributed by atoms with Crippen LogP contribution in [-0.2, 0) is 14.6 Å². The maximum absolute atomic E-state index is 12.1. The van der Waals surface area contributed by atoms with Crippen molar-refractivity contribution in [2.75, 3.05) is 25.4 Å². The van der Waals surface area contributed by atoms with E-state index >= 15 is 0 Å². The molecule has 2 atom stereocenters. The highest BCUT2D eigenvalue weighted by Crippen LogP contribution is 2.24. The highest BCUT2D eigenvalue weighted by molar-refractivity contribution is 7.92. The first-order chi connectivity index (χ1) is 8.59. The summed E-state index contributed by atoms with van der Waals surface area (Å²) in [5.41, 5.74) is 0. The lowest BCUT2D eigenvalue weighted by Crippen LogP contribution is -2.35. The Morgan fingerprint density at radius 1 is 1.22 bits per heavy atom. The molecule has 5 heteroatoms. The topological polar surface area (TPSA) is 55.4 Å². The molecule has 2 rings (SSSR count). The normalized spacial score (nSPS) is 30.1. The molecule has 1 saturated heterocycles. The second kappa shape index (κ2) is 6.35. The van der Waals surface area contributed by atoms with Crippen molar-refractivity contribution in [3.63, 3.8) is 0 Å². The molecule has 106 valence electrons. The SMILES string of the molecule is CC1OCCC1S(=O)(=O)CCNCC1CCCC1. The zero-order chi connectivity index (χ0) is 13.0. The Morgan fingerprint density at radius 2 is 1.94 bits per heavy atom. The lowest BCUT2D eigenvalue weighted by atomic mass is 10.1. The summed E-state index contributed by atoms with van der Waals surface area (Å²) in [6.45, 7) is 4.01. The molecule has 0 aromatic rings. The van der Waals surface area contributed by atoms with E-state index < -0.39 is 9.84 Å². The number of rotatable bonds is 6. The Balaban J connectivity index is 1.68. The van der Waals surface area contributed by atoms with Crippen molar-refractivity contribution >= 4 is 9.84 Å². The van der Waals surface area contributed by atoms with Gasteiger partial charge in [0.1, 0.15) is 0 Å². The van der Waals surface area contributed by atoms with E-state index in [1.807, 2.05) is 6.92 Å². The van der Waals surface area contributed by atoms with Gasteiger partial charge in [0, 0.05) is 13.2 Å². The first-order valence-electron chi connectivity index (χ1n) is 7.13. The minimum Gasteiger partial charge on any atom is -0.377 e. The lowest BCUT2D eigenvalue weighted by molar-refractivity contribution is 0.126. The van der Waals surface area contributed by atoms with Crippen molar-refractivity contribution in [1.29, 1.82) is 0 Å². The van der Waals surface area contributed by atoms with E-state index in [0.717, 1.165) is 12.5 Å². The first kappa shape index (κ1) is 14.3. The monoisotopic (exact) mass is 275 g/mol. The number of hydrogen-bond acceptors (Lipinski definition) is 4. The Kier molecular flexibility index (Phi) is 5.04. The smallest absolute Gasteiger partial charge is 0.157 e. The van der Waals surface area contributed by atoms with Gasteiger partial charge in [0.25, 0.3) is 0 Å². The standard InChI is InChI=1S/C13H25NO3S/c1-11-13(6-8-17-11)18(15,16)9-7-14-10-12-4-2-3-5-12/h11-14H,2-10H2,1H3. The van der Waals surface area contributed by atoms with E-state index in [0.29, 0.717) is 19.6 Å². The first-order valence-corrected chi connectivity index (χ1v) is 8.85. The van der Waals surface area contributed by atoms with Crippen LogP contribution in [0.15, 0.2) is 0 Å². The van der Waals surface area contributed by atoms with Gasteiger partial charge in [-0.3, -0.25) is 0 Å². The van der Waals surface area contributed by atoms with Crippen LogP contribution in [0.25, 0.3) is 0 Å². The van der Waals surface area contributed by atoms with E-state index in [1.54, 1.807) is 0 Å². The summed E-state index contributed by atoms with van der Waals surface area (Å²) < 4.78 is 29.6. The van der Waals surface area contributed by atoms with Crippen LogP contribution in [-0.4, -0.2) is 45.2 Å². The Bertz CT molecular complexity index is 349. The van der Waals surface area contributed by atoms with Crippen LogP contribution >= 0.6 is 0 Å². The molecule has 0 aromatic heterocycles. The summed E-state index contributed by atoms with van der Waals surface area (Å²) >= 11 is 0. The van der Waals surface area contributed by atoms with Gasteiger partial charge in [-0.2, -0.15) is 0 Å². The molecular formula is C13H25NO3S. The Hall–Kier alpha value is -0.130. The highest BCUT2D eigenvalue weighted by Gasteiger charge is 2.35. The van der Waals surface area contributed by atoms with Gasteiger partial charge >= 0.3 is 0 Å². The summed E-state index contributed by atoms with van der Waals surface area (Å²) in [5.74, 6) is 1.01. The molecule has 0 bridgehead atoms. The maximum Gasteiger partial charge on any atom is 0.157 e. The molecule has 4 nitrogen and oxygen atoms in total. The molecular weight excluding hydrogens is 250 g/mol. The van der Waals surface area contributed by atoms with E-state index in [1.165, 1.54) is 25.7 Å². The van der Waals surface area contributed by atoms with Crippen molar-refractivity contribution in [3.05, 3.63) is 0 Å². The Morgan fingerprint density at radius 3 is 2.56 bits per heavy atom. The lowest BCUT2D eigenvalue weighted by Gasteiger charge is -2.16. The van der Waals surface area contributed by atoms with E-state index in [4.69, 9.17) is 4.74 Å². The minimum absolute atomic E-state index is 0.134. The molecule has 0 amide bonds. The zero-order valence-electron chi connectivity index (χ0n) is 11.2. The van der Waals surface area contributed by atoms with Gasteiger partial charge in [0.2, 0.25) is 0 Å². The van der Waals surface area contributed by atoms with Crippen molar-refractivity contribution in [3.8, 4) is 0 Å². The summed E-state index contributed by atoms with van der Waals surface area (Å²) in [6, 6.07) is 0. The molecule has 0 spiro atoms. The molecule has 1 aliphatic carbocycles. The van der Waals surface area contributed by atoms with E-state index in [-0.39, 0.29) is 17.1 Å². The van der Waals surface area contributed by atoms with Crippen molar-refractivity contribution < 1.29 is 13.2 Å². The van der Waals surface area contributed by atoms with Crippen LogP contribution < -0.4 is 5.32 Å². The van der Waals surface area contributed by atoms with Crippen LogP contribution in [0.1, 0.15) is 39.0 Å². The number of ether oxygens (including phenoxy) is 1. The zero-order valence-corrected chi connectivity index (χ0v) is 12.0. The molecule has 18 heavy (non-hydrogen) atoms. The maximum atomic E-state index is 12.1. The average Bonchev–Trinajstić information content (AvgIpc) is 2.95. The molecule has 1 heterocycles. The van der Waals surface area contributed by atoms with Gasteiger partial charge in [0.05, 0.1) is 17.1 Å². The number of hydrogen-bond donors (Lipinski definition) is 1. The van der Waals surface area contributed by atoms with Crippen molar-refractivity contribution in [1.82, 2.24) is 5.32 Å². The fourth-order valence-corrected chi connectivity index (χ4v) is 4.92. The van der Waals surface area contributed by atoms with Crippen LogP contribution in [0.4, 0.5) is 0 Å². The van der Waals surface area contributed by atoms with Crippen molar-refractivity contribution in [2.45, 2.75) is 50.4 Å². The van der Waals surface area contributed by atoms with E-state index in [2.05, 4.69) is 5.32 Å². The summed E-state index contributed by atoms with van der Waals surface area (Å²) in [5, 5.41) is 3.02. The van der Waals surface area contributed by atoms with Gasteiger partial charge in [-0.05, 0) is 38.6 Å². The molecule has 1 N–H and O–H groups in total. The number of sulfone groups is 1. The highest BCUT2D eigenvalue weighted by atomic mass is 32.2. The van der Waals surface area contributed by atoms with Gasteiger partial charge in [0.15, 0.2) is 9.84 Å². The second-order valence-electron chi connectivity index (χ2n) is 5.62. The molecule has 2 aliphatic rings. The molecule has 0 aromatic carbocycles. The predicted octanol–water partition coefficient (Wildman–Crippen LogP) is 1.36. The fourth-order valence-electron chi connectivity index (χ4n) is 3.07. The third kappa shape index (κ3) is 3.68. The van der Waals surface area contributed by atoms with Gasteiger partial charge in [-0.15, -0.1) is 0 Å². The summed E-state index contributed by atoms with van der Waals surface area (Å²) in [4.78, 5) is 0. The molecule has 0 radical (unpaired) electrons. The number of nitrogens with one attached hydrogen (secondary N) is 1. The van der Waals surface area contributed by atoms with Gasteiger partial charge in [-0.1, -0.05) is 12.8 Å². The van der Waals surface area contributed by atoms with Gasteiger partial charge in [-0.25, -0.2) is 8.42 Å². The minimum atomic E-state index is -2.99. The quantitative estimate of drug-likeness (QED) is 0.744. The molecule has 2 fully saturated rings. The average molecular weight is 275 g/mol. The molecule has 1 saturated carbocycles. The summed E-state index contributed by atoms with van der Waals surface area (Å²) in [6.07, 6.45) is 5.79.